The molecule has 1 aromatic heterocycles. The third-order valence-corrected chi connectivity index (χ3v) is 4.55. The Morgan fingerprint density at radius 2 is 1.96 bits per heavy atom. The molecule has 1 aliphatic heterocycles. The molecule has 3 rings (SSSR count). The summed E-state index contributed by atoms with van der Waals surface area (Å²) >= 11 is 0. The largest absolute Gasteiger partial charge is 0.624 e. The van der Waals surface area contributed by atoms with Crippen LogP contribution in [0.2, 0.25) is 0 Å². The van der Waals surface area contributed by atoms with Crippen LogP contribution in [0.3, 0.4) is 0 Å². The van der Waals surface area contributed by atoms with E-state index in [1.165, 1.54) is 0 Å². The van der Waals surface area contributed by atoms with E-state index in [9.17, 15) is 10.0 Å². The zero-order valence-corrected chi connectivity index (χ0v) is 14.5. The Morgan fingerprint density at radius 1 is 1.25 bits per heavy atom. The number of H-pyrrole nitrogens is 1. The first-order valence-electron chi connectivity index (χ1n) is 8.35. The summed E-state index contributed by atoms with van der Waals surface area (Å²) in [6, 6.07) is 5.45. The second kappa shape index (κ2) is 6.65. The first-order valence-corrected chi connectivity index (χ1v) is 8.35. The first-order chi connectivity index (χ1) is 11.5. The van der Waals surface area contributed by atoms with Crippen molar-refractivity contribution in [3.05, 3.63) is 40.7 Å². The lowest BCUT2D eigenvalue weighted by atomic mass is 10.0. The SMILES string of the molecule is CC(C)/[N+]([O-])=C/c1ccc(C(=O)N2CCN(C)CC2)c2cc[nH]c12. The highest BCUT2D eigenvalue weighted by Gasteiger charge is 2.22. The maximum absolute atomic E-state index is 12.9. The highest BCUT2D eigenvalue weighted by atomic mass is 16.5. The molecule has 2 heterocycles. The lowest BCUT2D eigenvalue weighted by Crippen LogP contribution is -2.47. The molecule has 0 saturated carbocycles. The number of rotatable bonds is 3. The molecular weight excluding hydrogens is 304 g/mol. The number of piperazine rings is 1. The molecule has 0 atom stereocenters. The number of amides is 1. The van der Waals surface area contributed by atoms with Gasteiger partial charge >= 0.3 is 0 Å². The number of benzene rings is 1. The van der Waals surface area contributed by atoms with Crippen molar-refractivity contribution in [2.75, 3.05) is 33.2 Å². The number of nitrogens with zero attached hydrogens (tertiary/aromatic N) is 3. The summed E-state index contributed by atoms with van der Waals surface area (Å²) in [7, 11) is 2.07. The topological polar surface area (TPSA) is 65.4 Å². The second-order valence-electron chi connectivity index (χ2n) is 6.65. The van der Waals surface area contributed by atoms with E-state index in [2.05, 4.69) is 16.9 Å². The van der Waals surface area contributed by atoms with Crippen molar-refractivity contribution in [2.24, 2.45) is 0 Å². The minimum absolute atomic E-state index is 0.0575. The van der Waals surface area contributed by atoms with Crippen molar-refractivity contribution in [3.63, 3.8) is 0 Å². The quantitative estimate of drug-likeness (QED) is 0.405. The molecule has 0 aliphatic carbocycles. The van der Waals surface area contributed by atoms with Crippen LogP contribution in [0.1, 0.15) is 29.8 Å². The fraction of sp³-hybridized carbons (Fsp3) is 0.444. The van der Waals surface area contributed by atoms with Crippen LogP contribution in [0, 0.1) is 5.21 Å². The van der Waals surface area contributed by atoms with Crippen molar-refractivity contribution >= 4 is 23.0 Å². The van der Waals surface area contributed by atoms with E-state index in [1.807, 2.05) is 43.1 Å². The van der Waals surface area contributed by atoms with Crippen LogP contribution < -0.4 is 0 Å². The molecular formula is C18H24N4O2. The molecule has 0 spiro atoms. The summed E-state index contributed by atoms with van der Waals surface area (Å²) in [6.07, 6.45) is 3.39. The van der Waals surface area contributed by atoms with Gasteiger partial charge in [-0.1, -0.05) is 0 Å². The fourth-order valence-corrected chi connectivity index (χ4v) is 2.94. The van der Waals surface area contributed by atoms with Gasteiger partial charge in [-0.05, 0) is 39.1 Å². The monoisotopic (exact) mass is 328 g/mol. The third kappa shape index (κ3) is 3.14. The van der Waals surface area contributed by atoms with Gasteiger partial charge in [0.2, 0.25) is 0 Å². The van der Waals surface area contributed by atoms with Gasteiger partial charge in [0.25, 0.3) is 5.91 Å². The molecule has 1 fully saturated rings. The minimum atomic E-state index is -0.123. The number of hydroxylamine groups is 1. The predicted octanol–water partition coefficient (Wildman–Crippen LogP) is 1.89. The van der Waals surface area contributed by atoms with Crippen LogP contribution in [0.4, 0.5) is 0 Å². The van der Waals surface area contributed by atoms with Gasteiger partial charge in [0, 0.05) is 43.3 Å². The molecule has 0 bridgehead atoms. The van der Waals surface area contributed by atoms with Crippen LogP contribution in [-0.2, 0) is 0 Å². The van der Waals surface area contributed by atoms with Crippen molar-refractivity contribution in [1.29, 1.82) is 0 Å². The highest BCUT2D eigenvalue weighted by molar-refractivity contribution is 6.10. The van der Waals surface area contributed by atoms with Crippen LogP contribution in [0.15, 0.2) is 24.4 Å². The van der Waals surface area contributed by atoms with E-state index < -0.39 is 0 Å². The average molecular weight is 328 g/mol. The summed E-state index contributed by atoms with van der Waals surface area (Å²) in [5.41, 5.74) is 2.32. The Labute approximate surface area is 142 Å². The number of aromatic amines is 1. The first kappa shape index (κ1) is 16.5. The molecule has 6 heteroatoms. The summed E-state index contributed by atoms with van der Waals surface area (Å²) in [5.74, 6) is 0.0575. The Hall–Kier alpha value is -2.34. The van der Waals surface area contributed by atoms with Crippen LogP contribution in [0.25, 0.3) is 10.9 Å². The Balaban J connectivity index is 1.95. The van der Waals surface area contributed by atoms with Gasteiger partial charge in [-0.25, -0.2) is 4.74 Å². The highest BCUT2D eigenvalue weighted by Crippen LogP contribution is 2.23. The van der Waals surface area contributed by atoms with Gasteiger partial charge < -0.3 is 20.0 Å². The summed E-state index contributed by atoms with van der Waals surface area (Å²) in [6.45, 7) is 6.98. The summed E-state index contributed by atoms with van der Waals surface area (Å²) < 4.78 is 0.928. The van der Waals surface area contributed by atoms with Crippen molar-refractivity contribution in [2.45, 2.75) is 19.9 Å². The molecule has 128 valence electrons. The number of hydrogen-bond acceptors (Lipinski definition) is 3. The van der Waals surface area contributed by atoms with Crippen molar-refractivity contribution in [3.8, 4) is 0 Å². The molecule has 0 unspecified atom stereocenters. The number of carbonyl (C=O) groups is 1. The van der Waals surface area contributed by atoms with Gasteiger partial charge in [-0.15, -0.1) is 0 Å². The molecule has 2 aromatic rings. The number of fused-ring (bicyclic) bond motifs is 1. The van der Waals surface area contributed by atoms with Crippen molar-refractivity contribution in [1.82, 2.24) is 14.8 Å². The molecule has 24 heavy (non-hydrogen) atoms. The number of nitrogens with one attached hydrogen (secondary N) is 1. The van der Waals surface area contributed by atoms with E-state index in [-0.39, 0.29) is 11.9 Å². The van der Waals surface area contributed by atoms with Gasteiger partial charge in [0.15, 0.2) is 12.3 Å². The molecule has 0 radical (unpaired) electrons. The number of carbonyl (C=O) groups excluding carboxylic acids is 1. The molecule has 1 aliphatic rings. The molecule has 1 amide bonds. The maximum atomic E-state index is 12.9. The van der Waals surface area contributed by atoms with E-state index in [1.54, 1.807) is 6.21 Å². The second-order valence-corrected chi connectivity index (χ2v) is 6.65. The average Bonchev–Trinajstić information content (AvgIpc) is 3.05. The third-order valence-electron chi connectivity index (χ3n) is 4.55. The summed E-state index contributed by atoms with van der Waals surface area (Å²) in [5, 5.41) is 12.8. The van der Waals surface area contributed by atoms with Gasteiger partial charge in [0.05, 0.1) is 11.1 Å². The maximum Gasteiger partial charge on any atom is 0.254 e. The fourth-order valence-electron chi connectivity index (χ4n) is 2.94. The number of hydrogen-bond donors (Lipinski definition) is 1. The Morgan fingerprint density at radius 3 is 2.62 bits per heavy atom. The molecule has 1 aromatic carbocycles. The van der Waals surface area contributed by atoms with Crippen LogP contribution in [0.5, 0.6) is 0 Å². The molecule has 1 saturated heterocycles. The Kier molecular flexibility index (Phi) is 4.57. The molecule has 6 nitrogen and oxygen atoms in total. The standard InChI is InChI=1S/C18H24N4O2/c1-13(2)22(24)12-14-4-5-16(15-6-7-19-17(14)15)18(23)21-10-8-20(3)9-11-21/h4-7,12-13,19H,8-11H2,1-3H3/b22-12-. The van der Waals surface area contributed by atoms with Crippen molar-refractivity contribution < 1.29 is 9.53 Å². The van der Waals surface area contributed by atoms with E-state index in [0.717, 1.165) is 47.4 Å². The smallest absolute Gasteiger partial charge is 0.254 e. The Bertz CT molecular complexity index is 770. The van der Waals surface area contributed by atoms with Crippen LogP contribution >= 0.6 is 0 Å². The van der Waals surface area contributed by atoms with Gasteiger partial charge in [-0.2, -0.15) is 0 Å². The van der Waals surface area contributed by atoms with E-state index in [4.69, 9.17) is 0 Å². The summed E-state index contributed by atoms with van der Waals surface area (Å²) in [4.78, 5) is 20.2. The van der Waals surface area contributed by atoms with Gasteiger partial charge in [-0.3, -0.25) is 4.79 Å². The van der Waals surface area contributed by atoms with E-state index >= 15 is 0 Å². The lowest BCUT2D eigenvalue weighted by Gasteiger charge is -2.32. The zero-order chi connectivity index (χ0) is 17.3. The van der Waals surface area contributed by atoms with E-state index in [0.29, 0.717) is 5.56 Å². The predicted molar refractivity (Wildman–Crippen MR) is 95.6 cm³/mol. The number of aromatic nitrogens is 1. The normalized spacial score (nSPS) is 17.0. The lowest BCUT2D eigenvalue weighted by molar-refractivity contribution is -0.487. The number of likely N-dealkylation sites (N-methyl/N-ethyl adjacent to an activating group) is 1. The molecule has 1 N–H and O–H groups in total. The zero-order valence-electron chi connectivity index (χ0n) is 14.5. The van der Waals surface area contributed by atoms with Gasteiger partial charge in [0.1, 0.15) is 0 Å². The van der Waals surface area contributed by atoms with Crippen LogP contribution in [-0.4, -0.2) is 70.9 Å². The minimum Gasteiger partial charge on any atom is -0.624 e.